The van der Waals surface area contributed by atoms with Gasteiger partial charge in [0.15, 0.2) is 0 Å². The van der Waals surface area contributed by atoms with Gasteiger partial charge in [0, 0.05) is 4.91 Å². The molecule has 1 rings (SSSR count). The average molecular weight is 335 g/mol. The molecule has 0 aromatic rings. The van der Waals surface area contributed by atoms with Crippen LogP contribution in [0.3, 0.4) is 0 Å². The average Bonchev–Trinajstić information content (AvgIpc) is 2.55. The number of hydrogen-bond acceptors (Lipinski definition) is 5. The van der Waals surface area contributed by atoms with Gasteiger partial charge in [-0.2, -0.15) is 0 Å². The Labute approximate surface area is 141 Å². The van der Waals surface area contributed by atoms with Crippen molar-refractivity contribution >= 4 is 11.9 Å². The van der Waals surface area contributed by atoms with Gasteiger partial charge in [-0.1, -0.05) is 25.0 Å². The SMILES string of the molecule is C/C=C/C(=O)N[C@@H]1[C@@H](N=[N+]=[N-])CC(C(=O)[O-])=C[C@H]1OC(CC)CC. The number of nitrogens with one attached hydrogen (secondary N) is 1. The predicted molar refractivity (Wildman–Crippen MR) is 86.6 cm³/mol. The highest BCUT2D eigenvalue weighted by atomic mass is 16.5. The van der Waals surface area contributed by atoms with Crippen LogP contribution in [-0.2, 0) is 14.3 Å². The molecule has 0 unspecified atom stereocenters. The molecule has 0 aromatic heterocycles. The summed E-state index contributed by atoms with van der Waals surface area (Å²) in [5.74, 6) is -1.69. The molecule has 0 saturated heterocycles. The van der Waals surface area contributed by atoms with Crippen molar-refractivity contribution in [2.24, 2.45) is 5.11 Å². The molecule has 8 nitrogen and oxygen atoms in total. The molecule has 1 amide bonds. The normalized spacial score (nSPS) is 23.7. The summed E-state index contributed by atoms with van der Waals surface area (Å²) in [4.78, 5) is 25.9. The Morgan fingerprint density at radius 1 is 1.54 bits per heavy atom. The van der Waals surface area contributed by atoms with E-state index in [9.17, 15) is 14.7 Å². The molecule has 0 aliphatic heterocycles. The molecule has 8 heteroatoms. The highest BCUT2D eigenvalue weighted by molar-refractivity contribution is 5.88. The number of carbonyl (C=O) groups excluding carboxylic acids is 2. The summed E-state index contributed by atoms with van der Waals surface area (Å²) in [6.07, 6.45) is 5.03. The van der Waals surface area contributed by atoms with Crippen LogP contribution in [0.1, 0.15) is 40.0 Å². The number of allylic oxidation sites excluding steroid dienone is 1. The molecule has 1 N–H and O–H groups in total. The number of hydrogen-bond donors (Lipinski definition) is 1. The van der Waals surface area contributed by atoms with E-state index in [4.69, 9.17) is 10.3 Å². The molecule has 3 atom stereocenters. The molecule has 1 aliphatic carbocycles. The predicted octanol–water partition coefficient (Wildman–Crippen LogP) is 1.38. The van der Waals surface area contributed by atoms with Crippen LogP contribution in [0, 0.1) is 0 Å². The molecular weight excluding hydrogens is 312 g/mol. The summed E-state index contributed by atoms with van der Waals surface area (Å²) >= 11 is 0. The van der Waals surface area contributed by atoms with Gasteiger partial charge < -0.3 is 20.0 Å². The van der Waals surface area contributed by atoms with Crippen molar-refractivity contribution in [2.75, 3.05) is 0 Å². The Bertz CT molecular complexity index is 562. The Morgan fingerprint density at radius 2 is 2.21 bits per heavy atom. The number of ether oxygens (including phenoxy) is 1. The van der Waals surface area contributed by atoms with Crippen molar-refractivity contribution in [2.45, 2.75) is 64.3 Å². The van der Waals surface area contributed by atoms with Crippen LogP contribution in [0.25, 0.3) is 10.4 Å². The molecule has 1 aliphatic rings. The number of amides is 1. The van der Waals surface area contributed by atoms with E-state index >= 15 is 0 Å². The van der Waals surface area contributed by atoms with E-state index in [2.05, 4.69) is 15.3 Å². The standard InChI is InChI=1S/C16H24N4O4/c1-4-7-14(21)18-15-12(19-20-17)8-10(16(22)23)9-13(15)24-11(5-2)6-3/h4,7,9,11-13,15H,5-6,8H2,1-3H3,(H,18,21)(H,22,23)/p-1/b7-4+/t12-,13+,15+/m0/s1. The van der Waals surface area contributed by atoms with Crippen LogP contribution in [0.4, 0.5) is 0 Å². The van der Waals surface area contributed by atoms with Crippen molar-refractivity contribution in [3.05, 3.63) is 34.2 Å². The van der Waals surface area contributed by atoms with E-state index in [1.165, 1.54) is 12.2 Å². The number of carboxylic acids is 1. The zero-order valence-electron chi connectivity index (χ0n) is 14.1. The minimum absolute atomic E-state index is 0.0138. The number of rotatable bonds is 8. The zero-order chi connectivity index (χ0) is 18.1. The fourth-order valence-corrected chi connectivity index (χ4v) is 2.64. The maximum Gasteiger partial charge on any atom is 0.243 e. The summed E-state index contributed by atoms with van der Waals surface area (Å²) in [6, 6.07) is -1.41. The van der Waals surface area contributed by atoms with Crippen LogP contribution < -0.4 is 10.4 Å². The van der Waals surface area contributed by atoms with Crippen LogP contribution in [0.5, 0.6) is 0 Å². The summed E-state index contributed by atoms with van der Waals surface area (Å²) < 4.78 is 5.95. The Kier molecular flexibility index (Phi) is 8.01. The van der Waals surface area contributed by atoms with Crippen molar-refractivity contribution in [3.8, 4) is 0 Å². The van der Waals surface area contributed by atoms with Crippen molar-refractivity contribution < 1.29 is 19.4 Å². The van der Waals surface area contributed by atoms with E-state index < -0.39 is 24.2 Å². The number of nitrogens with zero attached hydrogens (tertiary/aromatic N) is 3. The number of carboxylic acid groups (broad SMARTS) is 1. The number of carbonyl (C=O) groups is 2. The maximum atomic E-state index is 11.9. The van der Waals surface area contributed by atoms with Gasteiger partial charge >= 0.3 is 0 Å². The van der Waals surface area contributed by atoms with Crippen LogP contribution in [0.2, 0.25) is 0 Å². The van der Waals surface area contributed by atoms with E-state index in [0.717, 1.165) is 12.8 Å². The second kappa shape index (κ2) is 9.75. The lowest BCUT2D eigenvalue weighted by atomic mass is 9.88. The van der Waals surface area contributed by atoms with E-state index in [-0.39, 0.29) is 24.0 Å². The molecule has 0 heterocycles. The van der Waals surface area contributed by atoms with Crippen LogP contribution >= 0.6 is 0 Å². The van der Waals surface area contributed by atoms with Gasteiger partial charge in [0.05, 0.1) is 30.3 Å². The van der Waals surface area contributed by atoms with Gasteiger partial charge in [0.2, 0.25) is 5.91 Å². The van der Waals surface area contributed by atoms with E-state index in [1.807, 2.05) is 13.8 Å². The maximum absolute atomic E-state index is 11.9. The first-order valence-corrected chi connectivity index (χ1v) is 8.01. The molecule has 0 saturated carbocycles. The van der Waals surface area contributed by atoms with Crippen molar-refractivity contribution in [1.29, 1.82) is 0 Å². The molecular formula is C16H23N4O4-. The van der Waals surface area contributed by atoms with E-state index in [1.54, 1.807) is 13.0 Å². The molecule has 0 spiro atoms. The first kappa shape index (κ1) is 19.7. The van der Waals surface area contributed by atoms with Crippen LogP contribution in [-0.4, -0.2) is 36.2 Å². The lowest BCUT2D eigenvalue weighted by molar-refractivity contribution is -0.299. The molecule has 0 aromatic carbocycles. The monoisotopic (exact) mass is 335 g/mol. The number of azide groups is 1. The minimum Gasteiger partial charge on any atom is -0.545 e. The first-order chi connectivity index (χ1) is 11.5. The third-order valence-electron chi connectivity index (χ3n) is 3.91. The molecule has 0 bridgehead atoms. The largest absolute Gasteiger partial charge is 0.545 e. The molecule has 0 radical (unpaired) electrons. The van der Waals surface area contributed by atoms with Gasteiger partial charge in [-0.15, -0.1) is 0 Å². The van der Waals surface area contributed by atoms with Gasteiger partial charge in [-0.3, -0.25) is 4.79 Å². The lowest BCUT2D eigenvalue weighted by Gasteiger charge is -2.37. The van der Waals surface area contributed by atoms with Gasteiger partial charge in [-0.05, 0) is 49.4 Å². The Morgan fingerprint density at radius 3 is 2.71 bits per heavy atom. The lowest BCUT2D eigenvalue weighted by Crippen LogP contribution is -2.53. The smallest absolute Gasteiger partial charge is 0.243 e. The summed E-state index contributed by atoms with van der Waals surface area (Å²) in [7, 11) is 0. The summed E-state index contributed by atoms with van der Waals surface area (Å²) in [5, 5.41) is 17.6. The van der Waals surface area contributed by atoms with Gasteiger partial charge in [0.25, 0.3) is 0 Å². The second-order valence-electron chi connectivity index (χ2n) is 5.53. The molecule has 0 fully saturated rings. The summed E-state index contributed by atoms with van der Waals surface area (Å²) in [6.45, 7) is 5.62. The van der Waals surface area contributed by atoms with E-state index in [0.29, 0.717) is 0 Å². The van der Waals surface area contributed by atoms with Crippen LogP contribution in [0.15, 0.2) is 28.9 Å². The number of aliphatic carboxylic acids is 1. The van der Waals surface area contributed by atoms with Gasteiger partial charge in [-0.25, -0.2) is 0 Å². The quantitative estimate of drug-likeness (QED) is 0.311. The zero-order valence-corrected chi connectivity index (χ0v) is 14.1. The Balaban J connectivity index is 3.17. The first-order valence-electron chi connectivity index (χ1n) is 8.01. The molecule has 24 heavy (non-hydrogen) atoms. The highest BCUT2D eigenvalue weighted by Gasteiger charge is 2.35. The fraction of sp³-hybridized carbons (Fsp3) is 0.625. The third-order valence-corrected chi connectivity index (χ3v) is 3.91. The summed E-state index contributed by atoms with van der Waals surface area (Å²) in [5.41, 5.74) is 8.78. The Hall–Kier alpha value is -2.31. The topological polar surface area (TPSA) is 127 Å². The van der Waals surface area contributed by atoms with Crippen molar-refractivity contribution in [3.63, 3.8) is 0 Å². The van der Waals surface area contributed by atoms with Crippen molar-refractivity contribution in [1.82, 2.24) is 5.32 Å². The fourth-order valence-electron chi connectivity index (χ4n) is 2.64. The second-order valence-corrected chi connectivity index (χ2v) is 5.53. The van der Waals surface area contributed by atoms with Gasteiger partial charge in [0.1, 0.15) is 0 Å². The third kappa shape index (κ3) is 5.40. The molecule has 132 valence electrons. The minimum atomic E-state index is -1.33. The highest BCUT2D eigenvalue weighted by Crippen LogP contribution is 2.26.